The third-order valence-corrected chi connectivity index (χ3v) is 3.67. The third kappa shape index (κ3) is 3.95. The molecule has 1 amide bonds. The highest BCUT2D eigenvalue weighted by atomic mass is 79.9. The zero-order chi connectivity index (χ0) is 15.2. The van der Waals surface area contributed by atoms with Gasteiger partial charge in [0.1, 0.15) is 12.3 Å². The lowest BCUT2D eigenvalue weighted by Crippen LogP contribution is -2.15. The fourth-order valence-electron chi connectivity index (χ4n) is 1.72. The average Bonchev–Trinajstić information content (AvgIpc) is 2.51. The van der Waals surface area contributed by atoms with E-state index in [0.717, 1.165) is 15.6 Å². The Morgan fingerprint density at radius 3 is 2.71 bits per heavy atom. The topological polar surface area (TPSA) is 60.5 Å². The van der Waals surface area contributed by atoms with Crippen molar-refractivity contribution in [3.05, 3.63) is 52.1 Å². The van der Waals surface area contributed by atoms with Crippen LogP contribution < -0.4 is 10.1 Å². The molecule has 5 nitrogen and oxygen atoms in total. The summed E-state index contributed by atoms with van der Waals surface area (Å²) in [6.07, 6.45) is 1.06. The maximum atomic E-state index is 11.9. The van der Waals surface area contributed by atoms with Crippen LogP contribution in [0.5, 0.6) is 5.88 Å². The van der Waals surface area contributed by atoms with Gasteiger partial charge in [-0.2, -0.15) is 0 Å². The molecule has 0 aliphatic carbocycles. The minimum atomic E-state index is -0.555. The molecular formula is C15H15BrN2O3. The Kier molecular flexibility index (Phi) is 5.16. The smallest absolute Gasteiger partial charge is 0.412 e. The number of carbonyl (C=O) groups excluding carboxylic acids is 1. The van der Waals surface area contributed by atoms with Gasteiger partial charge in [0.15, 0.2) is 0 Å². The maximum absolute atomic E-state index is 11.9. The Bertz CT molecular complexity index is 632. The van der Waals surface area contributed by atoms with Crippen LogP contribution in [-0.2, 0) is 11.3 Å². The highest BCUT2D eigenvalue weighted by Crippen LogP contribution is 2.30. The van der Waals surface area contributed by atoms with E-state index < -0.39 is 6.09 Å². The van der Waals surface area contributed by atoms with Gasteiger partial charge in [0.25, 0.3) is 0 Å². The van der Waals surface area contributed by atoms with Crippen LogP contribution in [0.1, 0.15) is 11.1 Å². The number of rotatable bonds is 4. The summed E-state index contributed by atoms with van der Waals surface area (Å²) in [5.74, 6) is 0.340. The molecule has 2 rings (SSSR count). The summed E-state index contributed by atoms with van der Waals surface area (Å²) in [4.78, 5) is 16.0. The molecule has 6 heteroatoms. The number of hydrogen-bond donors (Lipinski definition) is 1. The van der Waals surface area contributed by atoms with E-state index in [1.807, 2.05) is 37.3 Å². The maximum Gasteiger partial charge on any atom is 0.412 e. The van der Waals surface area contributed by atoms with E-state index in [4.69, 9.17) is 9.47 Å². The van der Waals surface area contributed by atoms with Gasteiger partial charge in [0, 0.05) is 10.7 Å². The summed E-state index contributed by atoms with van der Waals surface area (Å²) < 4.78 is 11.1. The lowest BCUT2D eigenvalue weighted by molar-refractivity contribution is 0.155. The number of benzene rings is 1. The van der Waals surface area contributed by atoms with E-state index in [-0.39, 0.29) is 6.61 Å². The van der Waals surface area contributed by atoms with E-state index in [1.165, 1.54) is 7.11 Å². The van der Waals surface area contributed by atoms with Gasteiger partial charge in [-0.15, -0.1) is 0 Å². The SMILES string of the molecule is COc1ncc(Br)c(C)c1NC(=O)OCc1ccccc1. The van der Waals surface area contributed by atoms with Gasteiger partial charge >= 0.3 is 6.09 Å². The van der Waals surface area contributed by atoms with Crippen LogP contribution >= 0.6 is 15.9 Å². The van der Waals surface area contributed by atoms with E-state index in [2.05, 4.69) is 26.2 Å². The first-order valence-electron chi connectivity index (χ1n) is 6.28. The van der Waals surface area contributed by atoms with Crippen molar-refractivity contribution < 1.29 is 14.3 Å². The molecule has 1 N–H and O–H groups in total. The molecule has 0 atom stereocenters. The van der Waals surface area contributed by atoms with Crippen LogP contribution in [0, 0.1) is 6.92 Å². The fourth-order valence-corrected chi connectivity index (χ4v) is 2.02. The highest BCUT2D eigenvalue weighted by Gasteiger charge is 2.14. The van der Waals surface area contributed by atoms with Crippen LogP contribution in [0.15, 0.2) is 41.0 Å². The van der Waals surface area contributed by atoms with Gasteiger partial charge in [-0.05, 0) is 34.0 Å². The first kappa shape index (κ1) is 15.3. The molecule has 110 valence electrons. The monoisotopic (exact) mass is 350 g/mol. The van der Waals surface area contributed by atoms with E-state index in [1.54, 1.807) is 6.20 Å². The standard InChI is InChI=1S/C15H15BrN2O3/c1-10-12(16)8-17-14(20-2)13(10)18-15(19)21-9-11-6-4-3-5-7-11/h3-8H,9H2,1-2H3,(H,18,19). The van der Waals surface area contributed by atoms with Crippen LogP contribution in [0.3, 0.4) is 0 Å². The molecule has 2 aromatic rings. The Morgan fingerprint density at radius 1 is 1.33 bits per heavy atom. The molecule has 1 aromatic carbocycles. The normalized spacial score (nSPS) is 10.0. The molecule has 0 saturated heterocycles. The van der Waals surface area contributed by atoms with E-state index in [9.17, 15) is 4.79 Å². The molecule has 0 aliphatic rings. The summed E-state index contributed by atoms with van der Waals surface area (Å²) in [5.41, 5.74) is 2.23. The Morgan fingerprint density at radius 2 is 2.05 bits per heavy atom. The number of amides is 1. The summed E-state index contributed by atoms with van der Waals surface area (Å²) in [6.45, 7) is 2.05. The highest BCUT2D eigenvalue weighted by molar-refractivity contribution is 9.10. The van der Waals surface area contributed by atoms with Crippen molar-refractivity contribution in [3.63, 3.8) is 0 Å². The molecule has 0 saturated carbocycles. The summed E-state index contributed by atoms with van der Waals surface area (Å²) in [7, 11) is 1.50. The minimum Gasteiger partial charge on any atom is -0.480 e. The van der Waals surface area contributed by atoms with Crippen molar-refractivity contribution in [1.82, 2.24) is 4.98 Å². The van der Waals surface area contributed by atoms with Crippen molar-refractivity contribution in [2.24, 2.45) is 0 Å². The number of methoxy groups -OCH3 is 1. The van der Waals surface area contributed by atoms with Crippen LogP contribution in [0.25, 0.3) is 0 Å². The number of pyridine rings is 1. The zero-order valence-electron chi connectivity index (χ0n) is 11.7. The second-order valence-corrected chi connectivity index (χ2v) is 5.16. The summed E-state index contributed by atoms with van der Waals surface area (Å²) in [5, 5.41) is 2.66. The van der Waals surface area contributed by atoms with Gasteiger partial charge in [-0.25, -0.2) is 9.78 Å². The molecule has 0 spiro atoms. The molecular weight excluding hydrogens is 336 g/mol. The minimum absolute atomic E-state index is 0.204. The molecule has 21 heavy (non-hydrogen) atoms. The summed E-state index contributed by atoms with van der Waals surface area (Å²) >= 11 is 3.36. The van der Waals surface area contributed by atoms with Crippen molar-refractivity contribution in [2.75, 3.05) is 12.4 Å². The van der Waals surface area contributed by atoms with Gasteiger partial charge in [0.2, 0.25) is 5.88 Å². The Balaban J connectivity index is 2.04. The molecule has 0 fully saturated rings. The number of nitrogens with one attached hydrogen (secondary N) is 1. The van der Waals surface area contributed by atoms with Crippen LogP contribution in [0.4, 0.5) is 10.5 Å². The van der Waals surface area contributed by atoms with E-state index >= 15 is 0 Å². The molecule has 0 aliphatic heterocycles. The first-order chi connectivity index (χ1) is 10.1. The number of halogens is 1. The number of hydrogen-bond acceptors (Lipinski definition) is 4. The molecule has 1 heterocycles. The number of ether oxygens (including phenoxy) is 2. The number of nitrogens with zero attached hydrogens (tertiary/aromatic N) is 1. The second-order valence-electron chi connectivity index (χ2n) is 4.30. The van der Waals surface area contributed by atoms with E-state index in [0.29, 0.717) is 11.6 Å². The largest absolute Gasteiger partial charge is 0.480 e. The van der Waals surface area contributed by atoms with Crippen molar-refractivity contribution in [2.45, 2.75) is 13.5 Å². The summed E-state index contributed by atoms with van der Waals surface area (Å²) in [6, 6.07) is 9.47. The van der Waals surface area contributed by atoms with Gasteiger partial charge in [0.05, 0.1) is 7.11 Å². The lowest BCUT2D eigenvalue weighted by atomic mass is 10.2. The molecule has 0 unspecified atom stereocenters. The van der Waals surface area contributed by atoms with Crippen LogP contribution in [0.2, 0.25) is 0 Å². The molecule has 0 bridgehead atoms. The van der Waals surface area contributed by atoms with Gasteiger partial charge in [-0.3, -0.25) is 5.32 Å². The zero-order valence-corrected chi connectivity index (χ0v) is 13.3. The van der Waals surface area contributed by atoms with Crippen LogP contribution in [-0.4, -0.2) is 18.2 Å². The first-order valence-corrected chi connectivity index (χ1v) is 7.08. The molecule has 1 aromatic heterocycles. The third-order valence-electron chi connectivity index (χ3n) is 2.88. The average molecular weight is 351 g/mol. The fraction of sp³-hybridized carbons (Fsp3) is 0.200. The molecule has 0 radical (unpaired) electrons. The quantitative estimate of drug-likeness (QED) is 0.907. The number of carbonyl (C=O) groups is 1. The Hall–Kier alpha value is -2.08. The predicted molar refractivity (Wildman–Crippen MR) is 83.5 cm³/mol. The van der Waals surface area contributed by atoms with Gasteiger partial charge < -0.3 is 9.47 Å². The lowest BCUT2D eigenvalue weighted by Gasteiger charge is -2.13. The van der Waals surface area contributed by atoms with Gasteiger partial charge in [-0.1, -0.05) is 30.3 Å². The number of aromatic nitrogens is 1. The van der Waals surface area contributed by atoms with Crippen molar-refractivity contribution in [3.8, 4) is 5.88 Å². The van der Waals surface area contributed by atoms with Crippen molar-refractivity contribution in [1.29, 1.82) is 0 Å². The van der Waals surface area contributed by atoms with Crippen molar-refractivity contribution >= 4 is 27.7 Å². The number of anilines is 1. The predicted octanol–water partition coefficient (Wildman–Crippen LogP) is 3.91. The Labute approximate surface area is 131 Å². The second kappa shape index (κ2) is 7.08.